The zero-order valence-corrected chi connectivity index (χ0v) is 64.5. The van der Waals surface area contributed by atoms with Gasteiger partial charge in [0.15, 0.2) is 35.8 Å². The summed E-state index contributed by atoms with van der Waals surface area (Å²) in [6.07, 6.45) is -1.32. The van der Waals surface area contributed by atoms with Crippen LogP contribution in [0.4, 0.5) is 0 Å². The maximum Gasteiger partial charge on any atom is 0.326 e. The number of aliphatic carboxylic acids is 1. The number of hydrogen-bond donors (Lipinski definition) is 28. The van der Waals surface area contributed by atoms with Crippen LogP contribution < -0.4 is 151 Å². The zero-order chi connectivity index (χ0) is 85.8. The van der Waals surface area contributed by atoms with Gasteiger partial charge < -0.3 is 161 Å². The second-order valence-corrected chi connectivity index (χ2v) is 26.7. The summed E-state index contributed by atoms with van der Waals surface area (Å²) in [5, 5.41) is 35.7. The first-order valence-corrected chi connectivity index (χ1v) is 37.5. The number of likely N-dealkylation sites (tertiary alicyclic amines) is 1. The maximum atomic E-state index is 14.9. The number of unbranched alkanes of at least 4 members (excludes halogenated alkanes) is 2. The number of carbonyl (C=O) groups excluding carboxylic acids is 13. The average molecular weight is 1620 g/mol. The molecule has 45 N–H and O–H groups in total. The van der Waals surface area contributed by atoms with Crippen molar-refractivity contribution in [3.05, 3.63) is 0 Å². The van der Waals surface area contributed by atoms with Crippen LogP contribution in [0, 0.1) is 0 Å². The normalized spacial score (nSPS) is 14.8. The van der Waals surface area contributed by atoms with Gasteiger partial charge in [-0.2, -0.15) is 0 Å². The molecule has 0 spiro atoms. The summed E-state index contributed by atoms with van der Waals surface area (Å²) in [7, 11) is 0. The number of hydrogen-bond acceptors (Lipinski definition) is 23. The summed E-state index contributed by atoms with van der Waals surface area (Å²) in [5.41, 5.74) is 94.9. The van der Waals surface area contributed by atoms with E-state index in [2.05, 4.69) is 83.1 Å². The number of amides is 13. The molecule has 0 saturated carbocycles. The van der Waals surface area contributed by atoms with Crippen LogP contribution in [0.1, 0.15) is 154 Å². The quantitative estimate of drug-likeness (QED) is 0.0153. The minimum Gasteiger partial charge on any atom is -0.480 e. The Labute approximate surface area is 660 Å². The van der Waals surface area contributed by atoms with Crippen molar-refractivity contribution < 1.29 is 72.2 Å². The number of rotatable bonds is 60. The highest BCUT2D eigenvalue weighted by atomic mass is 16.4. The minimum absolute atomic E-state index is 0.00339. The Morgan fingerprint density at radius 2 is 0.561 bits per heavy atom. The first-order valence-electron chi connectivity index (χ1n) is 37.5. The van der Waals surface area contributed by atoms with Crippen LogP contribution in [0.15, 0.2) is 30.0 Å². The Bertz CT molecular complexity index is 3320. The molecule has 11 atom stereocenters. The molecule has 0 unspecified atom stereocenters. The van der Waals surface area contributed by atoms with Gasteiger partial charge in [0, 0.05) is 58.7 Å². The van der Waals surface area contributed by atoms with Crippen LogP contribution in [0.5, 0.6) is 0 Å². The number of guanidine groups is 6. The molecule has 1 aliphatic rings. The van der Waals surface area contributed by atoms with E-state index in [1.165, 1.54) is 0 Å². The van der Waals surface area contributed by atoms with Gasteiger partial charge in [-0.15, -0.1) is 0 Å². The zero-order valence-electron chi connectivity index (χ0n) is 64.5. The Kier molecular flexibility index (Phi) is 49.4. The van der Waals surface area contributed by atoms with Crippen molar-refractivity contribution in [3.8, 4) is 0 Å². The molecule has 1 aliphatic heterocycles. The predicted octanol–water partition coefficient (Wildman–Crippen LogP) is -13.0. The first kappa shape index (κ1) is 100. The second-order valence-electron chi connectivity index (χ2n) is 26.7. The highest BCUT2D eigenvalue weighted by molar-refractivity contribution is 6.00. The Morgan fingerprint density at radius 3 is 0.816 bits per heavy atom. The summed E-state index contributed by atoms with van der Waals surface area (Å²) in [6, 6.07) is -16.5. The number of carboxylic acid groups (broad SMARTS) is 1. The summed E-state index contributed by atoms with van der Waals surface area (Å²) >= 11 is 0. The minimum atomic E-state index is -1.77. The number of carbonyl (C=O) groups is 14. The van der Waals surface area contributed by atoms with Crippen molar-refractivity contribution in [3.63, 3.8) is 0 Å². The van der Waals surface area contributed by atoms with Crippen molar-refractivity contribution in [1.29, 1.82) is 0 Å². The molecule has 644 valence electrons. The van der Waals surface area contributed by atoms with Gasteiger partial charge in [-0.25, -0.2) is 4.79 Å². The highest BCUT2D eigenvalue weighted by Crippen LogP contribution is 2.21. The molecular formula is C65H124N34O15. The Morgan fingerprint density at radius 1 is 0.316 bits per heavy atom. The SMILES string of the molecule is NCCCC[C@H](NC(=O)[C@H](CCCN=C(N)N)NC(=O)CN)C(=O)N[C@@H](CCCCN)C(=O)N[C@@H](CCCN=C(N)N)C(=O)N[C@@H](CCCN=C(N)N)C(=O)N[C@@H](CCC(N)=O)C(=O)N[C@@H](CCCN=C(N)N)C(=O)N[C@@H](CCCN=C(N)N)C(=O)N[C@@H](CCCN=C(N)N)C(=O)N1CCC[C@H]1C(=O)N[C@@H](CCC(N)=O)C(=O)O. The third kappa shape index (κ3) is 43.6. The molecule has 0 aromatic carbocycles. The number of nitrogens with zero attached hydrogens (tertiary/aromatic N) is 7. The van der Waals surface area contributed by atoms with E-state index in [1.807, 2.05) is 0 Å². The molecule has 49 heteroatoms. The van der Waals surface area contributed by atoms with Crippen molar-refractivity contribution in [1.82, 2.24) is 58.1 Å². The van der Waals surface area contributed by atoms with Gasteiger partial charge in [0.1, 0.15) is 66.5 Å². The molecule has 0 aromatic rings. The van der Waals surface area contributed by atoms with Gasteiger partial charge in [0.25, 0.3) is 0 Å². The number of aliphatic imine (C=N–C) groups is 6. The Hall–Kier alpha value is -11.9. The molecule has 0 aliphatic carbocycles. The average Bonchev–Trinajstić information content (AvgIpc) is 1.57. The smallest absolute Gasteiger partial charge is 0.326 e. The fraction of sp³-hybridized carbons (Fsp3) is 0.692. The van der Waals surface area contributed by atoms with Crippen molar-refractivity contribution in [2.45, 2.75) is 221 Å². The van der Waals surface area contributed by atoms with E-state index < -0.39 is 169 Å². The molecule has 13 amide bonds. The van der Waals surface area contributed by atoms with E-state index >= 15 is 0 Å². The highest BCUT2D eigenvalue weighted by Gasteiger charge is 2.41. The predicted molar refractivity (Wildman–Crippen MR) is 423 cm³/mol. The second kappa shape index (κ2) is 56.3. The third-order valence-electron chi connectivity index (χ3n) is 17.3. The summed E-state index contributed by atoms with van der Waals surface area (Å²) in [4.78, 5) is 219. The van der Waals surface area contributed by atoms with Crippen LogP contribution in [-0.4, -0.2) is 260 Å². The number of nitrogens with one attached hydrogen (secondary N) is 10. The molecule has 49 nitrogen and oxygen atoms in total. The summed E-state index contributed by atoms with van der Waals surface area (Å²) in [6.45, 7) is -0.513. The first-order chi connectivity index (χ1) is 53.9. The van der Waals surface area contributed by atoms with Gasteiger partial charge in [-0.05, 0) is 154 Å². The van der Waals surface area contributed by atoms with Gasteiger partial charge in [0.2, 0.25) is 76.8 Å². The fourth-order valence-electron chi connectivity index (χ4n) is 11.4. The number of primary amides is 2. The lowest BCUT2D eigenvalue weighted by Crippen LogP contribution is -2.60. The van der Waals surface area contributed by atoms with E-state index in [4.69, 9.17) is 97.5 Å². The molecule has 1 heterocycles. The molecule has 1 rings (SSSR count). The Balaban J connectivity index is 4.04. The van der Waals surface area contributed by atoms with E-state index in [9.17, 15) is 72.2 Å². The standard InChI is InChI=1S/C65H124N34O15/c66-25-3-1-12-36(90-49(103)35(89-48(102)34-68)14-5-27-83-60(71)72)50(104)91-37(13-2-4-26-67)51(105)92-38(15-6-28-84-61(73)74)52(106)93-40(17-8-30-86-63(77)78)54(108)96-42(21-23-46(69)100)56(110)95-39(16-7-29-85-62(75)76)53(107)94-41(18-9-31-87-64(79)80)55(109)97-43(19-10-32-88-65(81)82)58(112)99-33-11-20-45(99)57(111)98-44(59(113)114)22-24-47(70)101/h35-45H,1-34,66-68H2,(H2,69,100)(H2,70,101)(H,89,102)(H,90,103)(H,91,104)(H,92,105)(H,93,106)(H,94,107)(H,95,110)(H,96,108)(H,97,109)(H,98,111)(H,113,114)(H4,71,72,83)(H4,73,74,84)(H4,75,76,85)(H4,77,78,86)(H4,79,80,87)(H4,81,82,88)/t35-,36-,37-,38-,39-,40-,41-,42-,43-,44-,45-/m0/s1. The van der Waals surface area contributed by atoms with Crippen LogP contribution >= 0.6 is 0 Å². The maximum absolute atomic E-state index is 14.9. The summed E-state index contributed by atoms with van der Waals surface area (Å²) in [5.74, 6) is -15.3. The third-order valence-corrected chi connectivity index (χ3v) is 17.3. The monoisotopic (exact) mass is 1620 g/mol. The van der Waals surface area contributed by atoms with Crippen molar-refractivity contribution in [2.24, 2.45) is 127 Å². The molecule has 1 saturated heterocycles. The molecule has 0 aromatic heterocycles. The van der Waals surface area contributed by atoms with E-state index in [-0.39, 0.29) is 217 Å². The summed E-state index contributed by atoms with van der Waals surface area (Å²) < 4.78 is 0. The number of carboxylic acids is 1. The van der Waals surface area contributed by atoms with E-state index in [0.717, 1.165) is 4.90 Å². The lowest BCUT2D eigenvalue weighted by Gasteiger charge is -2.31. The lowest BCUT2D eigenvalue weighted by atomic mass is 10.0. The fourth-order valence-corrected chi connectivity index (χ4v) is 11.4. The van der Waals surface area contributed by atoms with Crippen LogP contribution in [-0.2, 0) is 67.1 Å². The molecule has 114 heavy (non-hydrogen) atoms. The van der Waals surface area contributed by atoms with Gasteiger partial charge in [-0.3, -0.25) is 92.3 Å². The van der Waals surface area contributed by atoms with Crippen molar-refractivity contribution >= 4 is 119 Å². The molecule has 0 radical (unpaired) electrons. The topological polar surface area (TPSA) is 899 Å². The van der Waals surface area contributed by atoms with Gasteiger partial charge in [0.05, 0.1) is 6.54 Å². The van der Waals surface area contributed by atoms with E-state index in [0.29, 0.717) is 19.3 Å². The number of nitrogens with two attached hydrogens (primary N) is 17. The van der Waals surface area contributed by atoms with Crippen molar-refractivity contribution in [2.75, 3.05) is 65.4 Å². The molecule has 1 fully saturated rings. The van der Waals surface area contributed by atoms with Crippen LogP contribution in [0.2, 0.25) is 0 Å². The van der Waals surface area contributed by atoms with Gasteiger partial charge in [-0.1, -0.05) is 0 Å². The van der Waals surface area contributed by atoms with E-state index in [1.54, 1.807) is 0 Å². The largest absolute Gasteiger partial charge is 0.480 e. The van der Waals surface area contributed by atoms with Crippen LogP contribution in [0.3, 0.4) is 0 Å². The lowest BCUT2D eigenvalue weighted by molar-refractivity contribution is -0.145. The molecular weight excluding hydrogens is 1500 g/mol. The van der Waals surface area contributed by atoms with Gasteiger partial charge >= 0.3 is 5.97 Å². The van der Waals surface area contributed by atoms with Crippen LogP contribution in [0.25, 0.3) is 0 Å². The molecule has 0 bridgehead atoms.